The third-order valence-electron chi connectivity index (χ3n) is 4.05. The number of H-pyrrole nitrogens is 1. The molecule has 25 heavy (non-hydrogen) atoms. The van der Waals surface area contributed by atoms with Crippen LogP contribution in [0.15, 0.2) is 0 Å². The highest BCUT2D eigenvalue weighted by molar-refractivity contribution is 6.30. The van der Waals surface area contributed by atoms with E-state index in [1.807, 2.05) is 6.92 Å². The first-order chi connectivity index (χ1) is 12.0. The number of hydrogen-bond donors (Lipinski definition) is 3. The number of alkyl halides is 1. The van der Waals surface area contributed by atoms with Gasteiger partial charge >= 0.3 is 6.09 Å². The molecule has 1 aromatic heterocycles. The quantitative estimate of drug-likeness (QED) is 0.629. The average molecular weight is 377 g/mol. The summed E-state index contributed by atoms with van der Waals surface area (Å²) in [6.07, 6.45) is -0.359. The highest BCUT2D eigenvalue weighted by Crippen LogP contribution is 2.17. The van der Waals surface area contributed by atoms with Gasteiger partial charge < -0.3 is 25.0 Å². The molecule has 140 valence electrons. The van der Waals surface area contributed by atoms with Crippen LogP contribution in [0.1, 0.15) is 36.1 Å². The maximum atomic E-state index is 12.4. The zero-order valence-electron chi connectivity index (χ0n) is 13.9. The Labute approximate surface area is 149 Å². The van der Waals surface area contributed by atoms with Crippen molar-refractivity contribution in [2.24, 2.45) is 0 Å². The molecule has 10 heteroatoms. The minimum absolute atomic E-state index is 0.102. The van der Waals surface area contributed by atoms with Crippen molar-refractivity contribution in [1.82, 2.24) is 20.2 Å². The number of rotatable bonds is 7. The van der Waals surface area contributed by atoms with Crippen LogP contribution in [0.2, 0.25) is 5.15 Å². The summed E-state index contributed by atoms with van der Waals surface area (Å²) in [4.78, 5) is 31.6. The van der Waals surface area contributed by atoms with E-state index >= 15 is 0 Å². The number of likely N-dealkylation sites (tertiary alicyclic amines) is 1. The lowest BCUT2D eigenvalue weighted by molar-refractivity contribution is -0.0185. The number of imidazole rings is 1. The van der Waals surface area contributed by atoms with Crippen molar-refractivity contribution in [2.75, 3.05) is 26.4 Å². The van der Waals surface area contributed by atoms with Gasteiger partial charge in [-0.05, 0) is 19.3 Å². The summed E-state index contributed by atoms with van der Waals surface area (Å²) in [5.41, 5.74) is 0.670. The Morgan fingerprint density at radius 1 is 1.56 bits per heavy atom. The molecule has 1 aliphatic rings. The molecule has 0 bridgehead atoms. The number of halogens is 2. The van der Waals surface area contributed by atoms with Crippen molar-refractivity contribution in [3.05, 3.63) is 16.7 Å². The molecule has 8 nitrogen and oxygen atoms in total. The van der Waals surface area contributed by atoms with Gasteiger partial charge in [0.2, 0.25) is 0 Å². The number of carbonyl (C=O) groups excluding carboxylic acids is 1. The van der Waals surface area contributed by atoms with Crippen LogP contribution in [0, 0.1) is 0 Å². The third kappa shape index (κ3) is 5.05. The summed E-state index contributed by atoms with van der Waals surface area (Å²) in [6.45, 7) is 1.93. The van der Waals surface area contributed by atoms with Gasteiger partial charge in [-0.15, -0.1) is 0 Å². The van der Waals surface area contributed by atoms with E-state index in [0.717, 1.165) is 0 Å². The molecular weight excluding hydrogens is 355 g/mol. The van der Waals surface area contributed by atoms with E-state index < -0.39 is 30.8 Å². The Hall–Kier alpha value is -1.87. The van der Waals surface area contributed by atoms with E-state index in [0.29, 0.717) is 18.5 Å². The summed E-state index contributed by atoms with van der Waals surface area (Å²) < 4.78 is 17.9. The summed E-state index contributed by atoms with van der Waals surface area (Å²) in [5, 5.41) is 12.2. The Morgan fingerprint density at radius 2 is 2.32 bits per heavy atom. The third-order valence-corrected chi connectivity index (χ3v) is 4.37. The second-order valence-electron chi connectivity index (χ2n) is 5.76. The Balaban J connectivity index is 2.03. The molecule has 2 amide bonds. The van der Waals surface area contributed by atoms with Gasteiger partial charge in [0.15, 0.2) is 11.0 Å². The highest BCUT2D eigenvalue weighted by Gasteiger charge is 2.33. The number of amides is 2. The van der Waals surface area contributed by atoms with Gasteiger partial charge in [-0.2, -0.15) is 0 Å². The fraction of sp³-hybridized carbons (Fsp3) is 0.667. The molecule has 1 aliphatic heterocycles. The largest absolute Gasteiger partial charge is 0.465 e. The van der Waals surface area contributed by atoms with Crippen LogP contribution in [-0.4, -0.2) is 70.5 Å². The Bertz CT molecular complexity index is 612. The average Bonchev–Trinajstić information content (AvgIpc) is 2.97. The molecule has 2 unspecified atom stereocenters. The minimum atomic E-state index is -1.05. The first-order valence-electron chi connectivity index (χ1n) is 8.16. The molecule has 2 rings (SSSR count). The molecule has 0 spiro atoms. The predicted molar refractivity (Wildman–Crippen MR) is 88.8 cm³/mol. The van der Waals surface area contributed by atoms with E-state index in [2.05, 4.69) is 15.3 Å². The number of aromatic nitrogens is 2. The molecule has 1 saturated heterocycles. The Kier molecular flexibility index (Phi) is 7.01. The van der Waals surface area contributed by atoms with Crippen LogP contribution < -0.4 is 5.32 Å². The van der Waals surface area contributed by atoms with Gasteiger partial charge in [-0.25, -0.2) is 9.78 Å². The van der Waals surface area contributed by atoms with Crippen LogP contribution in [-0.2, 0) is 11.2 Å². The monoisotopic (exact) mass is 376 g/mol. The molecule has 0 aromatic carbocycles. The van der Waals surface area contributed by atoms with Crippen molar-refractivity contribution in [3.63, 3.8) is 0 Å². The van der Waals surface area contributed by atoms with Crippen LogP contribution in [0.3, 0.4) is 0 Å². The zero-order valence-corrected chi connectivity index (χ0v) is 14.7. The maximum absolute atomic E-state index is 12.4. The number of hydrogen-bond acceptors (Lipinski definition) is 4. The molecular formula is C15H22ClFN4O4. The lowest BCUT2D eigenvalue weighted by atomic mass is 10.0. The summed E-state index contributed by atoms with van der Waals surface area (Å²) in [7, 11) is 0. The summed E-state index contributed by atoms with van der Waals surface area (Å²) >= 11 is 5.94. The lowest BCUT2D eigenvalue weighted by Gasteiger charge is -2.37. The fourth-order valence-corrected chi connectivity index (χ4v) is 2.95. The van der Waals surface area contributed by atoms with Gasteiger partial charge in [0, 0.05) is 13.2 Å². The van der Waals surface area contributed by atoms with Crippen molar-refractivity contribution < 1.29 is 23.8 Å². The lowest BCUT2D eigenvalue weighted by Crippen LogP contribution is -2.56. The van der Waals surface area contributed by atoms with Crippen molar-refractivity contribution in [3.8, 4) is 0 Å². The smallest absolute Gasteiger partial charge is 0.407 e. The van der Waals surface area contributed by atoms with Crippen molar-refractivity contribution >= 4 is 23.6 Å². The molecule has 3 N–H and O–H groups in total. The van der Waals surface area contributed by atoms with Crippen molar-refractivity contribution in [2.45, 2.75) is 38.3 Å². The standard InChI is InChI=1S/C15H22ClFN4O4/c1-2-9-12(16)20-13(18-9)14(22)19-10-4-6-21(15(23)24)8-11(10)25-7-3-5-17/h10-11H,2-8H2,1H3,(H,18,20)(H,19,22)(H,23,24). The van der Waals surface area contributed by atoms with Gasteiger partial charge in [-0.1, -0.05) is 18.5 Å². The van der Waals surface area contributed by atoms with E-state index in [1.165, 1.54) is 4.90 Å². The van der Waals surface area contributed by atoms with E-state index in [9.17, 15) is 14.0 Å². The second kappa shape index (κ2) is 9.00. The number of nitrogens with one attached hydrogen (secondary N) is 2. The molecule has 2 heterocycles. The zero-order chi connectivity index (χ0) is 18.4. The Morgan fingerprint density at radius 3 is 2.92 bits per heavy atom. The van der Waals surface area contributed by atoms with Gasteiger partial charge in [-0.3, -0.25) is 9.18 Å². The molecule has 2 atom stereocenters. The van der Waals surface area contributed by atoms with Gasteiger partial charge in [0.25, 0.3) is 5.91 Å². The summed E-state index contributed by atoms with van der Waals surface area (Å²) in [5.74, 6) is -0.334. The van der Waals surface area contributed by atoms with E-state index in [-0.39, 0.29) is 37.1 Å². The first-order valence-corrected chi connectivity index (χ1v) is 8.54. The topological polar surface area (TPSA) is 108 Å². The number of nitrogens with zero attached hydrogens (tertiary/aromatic N) is 2. The fourth-order valence-electron chi connectivity index (χ4n) is 2.68. The molecule has 1 fully saturated rings. The first kappa shape index (κ1) is 19.5. The second-order valence-corrected chi connectivity index (χ2v) is 6.12. The molecule has 0 radical (unpaired) electrons. The minimum Gasteiger partial charge on any atom is -0.465 e. The maximum Gasteiger partial charge on any atom is 0.407 e. The molecule has 0 aliphatic carbocycles. The van der Waals surface area contributed by atoms with E-state index in [1.54, 1.807) is 0 Å². The number of aromatic amines is 1. The summed E-state index contributed by atoms with van der Waals surface area (Å²) in [6, 6.07) is -0.392. The number of piperidine rings is 1. The van der Waals surface area contributed by atoms with Crippen LogP contribution in [0.4, 0.5) is 9.18 Å². The van der Waals surface area contributed by atoms with E-state index in [4.69, 9.17) is 21.4 Å². The number of ether oxygens (including phenoxy) is 1. The number of aryl methyl sites for hydroxylation is 1. The predicted octanol–water partition coefficient (Wildman–Crippen LogP) is 1.85. The van der Waals surface area contributed by atoms with Crippen LogP contribution in [0.25, 0.3) is 0 Å². The number of carboxylic acid groups (broad SMARTS) is 1. The SMILES string of the molecule is CCc1[nH]c(C(=O)NC2CCN(C(=O)O)CC2OCCCF)nc1Cl. The normalized spacial score (nSPS) is 20.5. The molecule has 1 aromatic rings. The van der Waals surface area contributed by atoms with Crippen LogP contribution >= 0.6 is 11.6 Å². The highest BCUT2D eigenvalue weighted by atomic mass is 35.5. The van der Waals surface area contributed by atoms with Crippen LogP contribution in [0.5, 0.6) is 0 Å². The molecule has 0 saturated carbocycles. The number of carbonyl (C=O) groups is 2. The van der Waals surface area contributed by atoms with Gasteiger partial charge in [0.1, 0.15) is 0 Å². The van der Waals surface area contributed by atoms with Gasteiger partial charge in [0.05, 0.1) is 31.1 Å². The van der Waals surface area contributed by atoms with Crippen molar-refractivity contribution in [1.29, 1.82) is 0 Å².